The lowest BCUT2D eigenvalue weighted by Gasteiger charge is -2.15. The first-order chi connectivity index (χ1) is 10.2. The quantitative estimate of drug-likeness (QED) is 0.812. The lowest BCUT2D eigenvalue weighted by Crippen LogP contribution is -2.42. The van der Waals surface area contributed by atoms with Gasteiger partial charge in [-0.1, -0.05) is 24.3 Å². The number of alkyl halides is 3. The van der Waals surface area contributed by atoms with Crippen molar-refractivity contribution < 1.29 is 27.9 Å². The van der Waals surface area contributed by atoms with Crippen LogP contribution in [-0.2, 0) is 22.4 Å². The Morgan fingerprint density at radius 1 is 1.18 bits per heavy atom. The van der Waals surface area contributed by atoms with Crippen molar-refractivity contribution in [1.82, 2.24) is 5.32 Å². The second kappa shape index (κ2) is 7.82. The van der Waals surface area contributed by atoms with Crippen molar-refractivity contribution in [3.8, 4) is 0 Å². The van der Waals surface area contributed by atoms with E-state index in [9.17, 15) is 22.8 Å². The molecule has 1 aromatic carbocycles. The Bertz CT molecular complexity index is 512. The Kier molecular flexibility index (Phi) is 6.39. The van der Waals surface area contributed by atoms with Crippen LogP contribution in [0.1, 0.15) is 30.9 Å². The molecule has 1 aromatic rings. The molecule has 1 amide bonds. The Balaban J connectivity index is 2.46. The molecular weight excluding hydrogens is 299 g/mol. The van der Waals surface area contributed by atoms with Gasteiger partial charge in [-0.3, -0.25) is 9.59 Å². The number of hydrogen-bond donors (Lipinski definition) is 2. The molecule has 0 aliphatic rings. The highest BCUT2D eigenvalue weighted by atomic mass is 19.4. The van der Waals surface area contributed by atoms with Crippen molar-refractivity contribution in [3.63, 3.8) is 0 Å². The van der Waals surface area contributed by atoms with E-state index in [1.807, 2.05) is 17.4 Å². The van der Waals surface area contributed by atoms with Crippen LogP contribution in [0.5, 0.6) is 0 Å². The Morgan fingerprint density at radius 3 is 2.23 bits per heavy atom. The minimum absolute atomic E-state index is 0.0995. The fourth-order valence-electron chi connectivity index (χ4n) is 2.00. The maximum absolute atomic E-state index is 12.1. The molecule has 0 heterocycles. The number of rotatable bonds is 7. The zero-order valence-corrected chi connectivity index (χ0v) is 12.1. The number of amides is 1. The third kappa shape index (κ3) is 6.60. The van der Waals surface area contributed by atoms with Gasteiger partial charge < -0.3 is 10.4 Å². The van der Waals surface area contributed by atoms with Gasteiger partial charge in [0.25, 0.3) is 0 Å². The molecule has 4 nitrogen and oxygen atoms in total. The molecule has 0 saturated carbocycles. The van der Waals surface area contributed by atoms with Crippen LogP contribution in [0.4, 0.5) is 13.2 Å². The monoisotopic (exact) mass is 317 g/mol. The fraction of sp³-hybridized carbons (Fsp3) is 0.467. The number of carbonyl (C=O) groups excluding carboxylic acids is 1. The summed E-state index contributed by atoms with van der Waals surface area (Å²) >= 11 is 0. The highest BCUT2D eigenvalue weighted by molar-refractivity contribution is 5.81. The molecule has 7 heteroatoms. The second-order valence-corrected chi connectivity index (χ2v) is 5.14. The molecule has 0 radical (unpaired) electrons. The van der Waals surface area contributed by atoms with Gasteiger partial charge in [0.05, 0.1) is 0 Å². The summed E-state index contributed by atoms with van der Waals surface area (Å²) in [4.78, 5) is 21.2. The van der Waals surface area contributed by atoms with Gasteiger partial charge in [0.2, 0.25) is 0 Å². The Hall–Kier alpha value is -2.05. The molecule has 0 bridgehead atoms. The van der Waals surface area contributed by atoms with E-state index in [0.29, 0.717) is 12.8 Å². The van der Waals surface area contributed by atoms with Crippen molar-refractivity contribution in [2.45, 2.75) is 44.8 Å². The van der Waals surface area contributed by atoms with Gasteiger partial charge >= 0.3 is 18.1 Å². The van der Waals surface area contributed by atoms with Gasteiger partial charge in [0.15, 0.2) is 0 Å². The molecule has 2 N–H and O–H groups in total. The molecule has 0 aliphatic carbocycles. The van der Waals surface area contributed by atoms with E-state index in [-0.39, 0.29) is 12.8 Å². The van der Waals surface area contributed by atoms with Gasteiger partial charge in [-0.05, 0) is 37.3 Å². The Morgan fingerprint density at radius 2 is 1.73 bits per heavy atom. The van der Waals surface area contributed by atoms with Crippen LogP contribution < -0.4 is 5.32 Å². The van der Waals surface area contributed by atoms with E-state index >= 15 is 0 Å². The van der Waals surface area contributed by atoms with Gasteiger partial charge in [0.1, 0.15) is 0 Å². The van der Waals surface area contributed by atoms with Crippen LogP contribution in [0.3, 0.4) is 0 Å². The van der Waals surface area contributed by atoms with Crippen molar-refractivity contribution in [2.75, 3.05) is 0 Å². The molecule has 0 spiro atoms. The summed E-state index contributed by atoms with van der Waals surface area (Å²) in [6.07, 6.45) is -3.32. The number of carboxylic acids is 1. The number of aliphatic carboxylic acids is 1. The standard InChI is InChI=1S/C15H18F3NO3/c1-10(19-14(22)15(16,17)18)9-12-7-5-11(6-8-12)3-2-4-13(20)21/h5-8,10H,2-4,9H2,1H3,(H,19,22)(H,20,21)/t10-/m0/s1. The molecule has 0 saturated heterocycles. The third-order valence-electron chi connectivity index (χ3n) is 3.06. The molecule has 1 rings (SSSR count). The molecular formula is C15H18F3NO3. The number of hydrogen-bond acceptors (Lipinski definition) is 2. The van der Waals surface area contributed by atoms with E-state index in [4.69, 9.17) is 5.11 Å². The highest BCUT2D eigenvalue weighted by Gasteiger charge is 2.39. The molecule has 0 aliphatic heterocycles. The predicted molar refractivity (Wildman–Crippen MR) is 74.4 cm³/mol. The summed E-state index contributed by atoms with van der Waals surface area (Å²) in [5, 5.41) is 10.4. The van der Waals surface area contributed by atoms with Crippen LogP contribution in [0.25, 0.3) is 0 Å². The van der Waals surface area contributed by atoms with Crippen LogP contribution in [-0.4, -0.2) is 29.2 Å². The number of carboxylic acid groups (broad SMARTS) is 1. The summed E-state index contributed by atoms with van der Waals surface area (Å²) in [5.41, 5.74) is 1.77. The van der Waals surface area contributed by atoms with Crippen LogP contribution >= 0.6 is 0 Å². The van der Waals surface area contributed by atoms with E-state index in [1.165, 1.54) is 6.92 Å². The van der Waals surface area contributed by atoms with Crippen LogP contribution in [0.2, 0.25) is 0 Å². The van der Waals surface area contributed by atoms with E-state index in [2.05, 4.69) is 0 Å². The van der Waals surface area contributed by atoms with Gasteiger partial charge in [-0.2, -0.15) is 13.2 Å². The largest absolute Gasteiger partial charge is 0.481 e. The lowest BCUT2D eigenvalue weighted by atomic mass is 10.0. The number of benzene rings is 1. The zero-order chi connectivity index (χ0) is 16.8. The number of carbonyl (C=O) groups is 2. The maximum atomic E-state index is 12.1. The van der Waals surface area contributed by atoms with Crippen molar-refractivity contribution >= 4 is 11.9 Å². The summed E-state index contributed by atoms with van der Waals surface area (Å²) in [6.45, 7) is 1.50. The van der Waals surface area contributed by atoms with Crippen molar-refractivity contribution in [2.24, 2.45) is 0 Å². The van der Waals surface area contributed by atoms with E-state index in [1.54, 1.807) is 12.1 Å². The minimum Gasteiger partial charge on any atom is -0.481 e. The number of halogens is 3. The average Bonchev–Trinajstić information content (AvgIpc) is 2.39. The second-order valence-electron chi connectivity index (χ2n) is 5.14. The minimum atomic E-state index is -4.87. The van der Waals surface area contributed by atoms with E-state index < -0.39 is 24.1 Å². The predicted octanol–water partition coefficient (Wildman–Crippen LogP) is 2.70. The first kappa shape index (κ1) is 18.0. The van der Waals surface area contributed by atoms with E-state index in [0.717, 1.165) is 11.1 Å². The summed E-state index contributed by atoms with van der Waals surface area (Å²) in [5.74, 6) is -2.78. The normalized spacial score (nSPS) is 12.7. The zero-order valence-electron chi connectivity index (χ0n) is 12.1. The first-order valence-electron chi connectivity index (χ1n) is 6.86. The summed E-state index contributed by atoms with van der Waals surface area (Å²) in [7, 11) is 0. The highest BCUT2D eigenvalue weighted by Crippen LogP contribution is 2.15. The molecule has 0 fully saturated rings. The SMILES string of the molecule is C[C@@H](Cc1ccc(CCCC(=O)O)cc1)NC(=O)C(F)(F)F. The molecule has 122 valence electrons. The van der Waals surface area contributed by atoms with Crippen LogP contribution in [0, 0.1) is 0 Å². The smallest absolute Gasteiger partial charge is 0.471 e. The molecule has 22 heavy (non-hydrogen) atoms. The Labute approximate surface area is 126 Å². The number of nitrogens with one attached hydrogen (secondary N) is 1. The van der Waals surface area contributed by atoms with Gasteiger partial charge in [0, 0.05) is 12.5 Å². The van der Waals surface area contributed by atoms with Gasteiger partial charge in [-0.15, -0.1) is 0 Å². The molecule has 0 aromatic heterocycles. The molecule has 1 atom stereocenters. The topological polar surface area (TPSA) is 66.4 Å². The first-order valence-corrected chi connectivity index (χ1v) is 6.86. The van der Waals surface area contributed by atoms with Crippen molar-refractivity contribution in [3.05, 3.63) is 35.4 Å². The fourth-order valence-corrected chi connectivity index (χ4v) is 2.00. The number of aryl methyl sites for hydroxylation is 1. The van der Waals surface area contributed by atoms with Crippen molar-refractivity contribution in [1.29, 1.82) is 0 Å². The maximum Gasteiger partial charge on any atom is 0.471 e. The summed E-state index contributed by atoms with van der Waals surface area (Å²) in [6, 6.07) is 6.54. The van der Waals surface area contributed by atoms with Gasteiger partial charge in [-0.25, -0.2) is 0 Å². The molecule has 0 unspecified atom stereocenters. The third-order valence-corrected chi connectivity index (χ3v) is 3.06. The summed E-state index contributed by atoms with van der Waals surface area (Å²) < 4.78 is 36.4. The lowest BCUT2D eigenvalue weighted by molar-refractivity contribution is -0.174. The average molecular weight is 317 g/mol. The van der Waals surface area contributed by atoms with Crippen LogP contribution in [0.15, 0.2) is 24.3 Å².